The third-order valence-electron chi connectivity index (χ3n) is 3.29. The highest BCUT2D eigenvalue weighted by Crippen LogP contribution is 2.16. The van der Waals surface area contributed by atoms with Crippen LogP contribution in [-0.2, 0) is 0 Å². The van der Waals surface area contributed by atoms with Crippen molar-refractivity contribution in [3.05, 3.63) is 0 Å². The molecule has 0 spiro atoms. The van der Waals surface area contributed by atoms with Crippen molar-refractivity contribution < 1.29 is 0 Å². The van der Waals surface area contributed by atoms with E-state index >= 15 is 0 Å². The highest BCUT2D eigenvalue weighted by Gasteiger charge is 2.15. The van der Waals surface area contributed by atoms with Crippen molar-refractivity contribution in [3.63, 3.8) is 0 Å². The van der Waals surface area contributed by atoms with Gasteiger partial charge in [0.2, 0.25) is 0 Å². The molecule has 1 unspecified atom stereocenters. The molecule has 1 saturated heterocycles. The first-order valence-electron chi connectivity index (χ1n) is 6.68. The van der Waals surface area contributed by atoms with Gasteiger partial charge in [0.25, 0.3) is 0 Å². The number of nitrogens with zero attached hydrogens (tertiary/aromatic N) is 1. The molecule has 0 saturated carbocycles. The minimum Gasteiger partial charge on any atom is -0.312 e. The molecule has 3 heteroatoms. The molecule has 0 aliphatic carbocycles. The quantitative estimate of drug-likeness (QED) is 0.773. The van der Waals surface area contributed by atoms with Gasteiger partial charge < -0.3 is 5.32 Å². The second-order valence-electron chi connectivity index (χ2n) is 5.29. The molecule has 1 fully saturated rings. The van der Waals surface area contributed by atoms with Gasteiger partial charge in [-0.3, -0.25) is 4.90 Å². The molecule has 0 aromatic heterocycles. The van der Waals surface area contributed by atoms with Crippen LogP contribution < -0.4 is 5.32 Å². The molecule has 96 valence electrons. The van der Waals surface area contributed by atoms with Crippen LogP contribution in [0.2, 0.25) is 0 Å². The van der Waals surface area contributed by atoms with Crippen LogP contribution in [0.15, 0.2) is 0 Å². The topological polar surface area (TPSA) is 15.3 Å². The summed E-state index contributed by atoms with van der Waals surface area (Å²) in [5.74, 6) is 2.67. The van der Waals surface area contributed by atoms with E-state index in [0.29, 0.717) is 12.1 Å². The summed E-state index contributed by atoms with van der Waals surface area (Å²) in [6, 6.07) is 2.07. The van der Waals surface area contributed by atoms with Crippen LogP contribution in [0.1, 0.15) is 40.5 Å². The summed E-state index contributed by atoms with van der Waals surface area (Å²) in [5, 5.41) is 3.70. The molecule has 0 amide bonds. The van der Waals surface area contributed by atoms with E-state index in [1.54, 1.807) is 0 Å². The Hall–Kier alpha value is 0.270. The zero-order chi connectivity index (χ0) is 12.0. The van der Waals surface area contributed by atoms with Crippen molar-refractivity contribution in [3.8, 4) is 0 Å². The average Bonchev–Trinajstić information content (AvgIpc) is 2.24. The molecule has 0 bridgehead atoms. The van der Waals surface area contributed by atoms with Gasteiger partial charge in [-0.25, -0.2) is 0 Å². The van der Waals surface area contributed by atoms with E-state index in [2.05, 4.69) is 49.7 Å². The van der Waals surface area contributed by atoms with Crippen molar-refractivity contribution in [2.24, 2.45) is 0 Å². The van der Waals surface area contributed by atoms with E-state index in [0.717, 1.165) is 12.6 Å². The summed E-state index contributed by atoms with van der Waals surface area (Å²) in [4.78, 5) is 2.56. The molecule has 16 heavy (non-hydrogen) atoms. The van der Waals surface area contributed by atoms with Gasteiger partial charge in [0.05, 0.1) is 0 Å². The summed E-state index contributed by atoms with van der Waals surface area (Å²) < 4.78 is 0. The Morgan fingerprint density at radius 2 is 1.94 bits per heavy atom. The Bertz CT molecular complexity index is 169. The van der Waals surface area contributed by atoms with Crippen molar-refractivity contribution in [1.29, 1.82) is 0 Å². The van der Waals surface area contributed by atoms with E-state index in [1.165, 1.54) is 30.9 Å². The second kappa shape index (κ2) is 7.57. The predicted octanol–water partition coefficient (Wildman–Crippen LogP) is 2.59. The van der Waals surface area contributed by atoms with Crippen molar-refractivity contribution in [2.75, 3.05) is 24.6 Å². The average molecular weight is 244 g/mol. The summed E-state index contributed by atoms with van der Waals surface area (Å²) in [5.41, 5.74) is 0. The van der Waals surface area contributed by atoms with E-state index in [-0.39, 0.29) is 0 Å². The first kappa shape index (κ1) is 14.3. The monoisotopic (exact) mass is 244 g/mol. The van der Waals surface area contributed by atoms with Gasteiger partial charge in [-0.15, -0.1) is 0 Å². The number of hydrogen-bond donors (Lipinski definition) is 1. The van der Waals surface area contributed by atoms with Crippen LogP contribution in [0.25, 0.3) is 0 Å². The molecule has 0 radical (unpaired) electrons. The number of nitrogens with one attached hydrogen (secondary N) is 1. The zero-order valence-corrected chi connectivity index (χ0v) is 12.1. The van der Waals surface area contributed by atoms with E-state index < -0.39 is 0 Å². The molecular formula is C13H28N2S. The smallest absolute Gasteiger partial charge is 0.0159 e. The lowest BCUT2D eigenvalue weighted by Gasteiger charge is -2.31. The van der Waals surface area contributed by atoms with Gasteiger partial charge in [0.1, 0.15) is 0 Å². The van der Waals surface area contributed by atoms with E-state index in [4.69, 9.17) is 0 Å². The predicted molar refractivity (Wildman–Crippen MR) is 75.3 cm³/mol. The summed E-state index contributed by atoms with van der Waals surface area (Å²) >= 11 is 2.10. The van der Waals surface area contributed by atoms with Crippen LogP contribution in [0, 0.1) is 0 Å². The Labute approximate surface area is 106 Å². The van der Waals surface area contributed by atoms with Gasteiger partial charge in [0, 0.05) is 37.0 Å². The lowest BCUT2D eigenvalue weighted by Crippen LogP contribution is -2.44. The fourth-order valence-corrected chi connectivity index (χ4v) is 3.52. The van der Waals surface area contributed by atoms with Crippen LogP contribution in [-0.4, -0.2) is 47.6 Å². The molecule has 1 heterocycles. The molecule has 1 N–H and O–H groups in total. The minimum absolute atomic E-state index is 0.655. The molecule has 1 aliphatic heterocycles. The standard InChI is InChI=1S/C13H28N2S/c1-11(2)15(12(3)4)8-7-14-13-6-5-9-16-10-13/h11-14H,5-10H2,1-4H3. The van der Waals surface area contributed by atoms with Crippen molar-refractivity contribution in [1.82, 2.24) is 10.2 Å². The fourth-order valence-electron chi connectivity index (χ4n) is 2.41. The van der Waals surface area contributed by atoms with Gasteiger partial charge in [-0.1, -0.05) is 0 Å². The van der Waals surface area contributed by atoms with Crippen LogP contribution in [0.3, 0.4) is 0 Å². The fraction of sp³-hybridized carbons (Fsp3) is 1.00. The molecule has 1 rings (SSSR count). The Balaban J connectivity index is 2.16. The largest absolute Gasteiger partial charge is 0.312 e. The molecular weight excluding hydrogens is 216 g/mol. The van der Waals surface area contributed by atoms with Gasteiger partial charge in [0.15, 0.2) is 0 Å². The third-order valence-corrected chi connectivity index (χ3v) is 4.51. The van der Waals surface area contributed by atoms with Gasteiger partial charge in [-0.2, -0.15) is 11.8 Å². The third kappa shape index (κ3) is 5.07. The lowest BCUT2D eigenvalue weighted by atomic mass is 10.2. The highest BCUT2D eigenvalue weighted by atomic mass is 32.2. The normalized spacial score (nSPS) is 22.3. The molecule has 1 atom stereocenters. The highest BCUT2D eigenvalue weighted by molar-refractivity contribution is 7.99. The maximum Gasteiger partial charge on any atom is 0.0159 e. The van der Waals surface area contributed by atoms with Crippen molar-refractivity contribution in [2.45, 2.75) is 58.7 Å². The molecule has 0 aromatic carbocycles. The second-order valence-corrected chi connectivity index (χ2v) is 6.44. The SMILES string of the molecule is CC(C)N(CCNC1CCCSC1)C(C)C. The number of rotatable bonds is 6. The maximum atomic E-state index is 3.70. The Morgan fingerprint density at radius 1 is 1.25 bits per heavy atom. The van der Waals surface area contributed by atoms with Crippen LogP contribution in [0.4, 0.5) is 0 Å². The Kier molecular flexibility index (Phi) is 6.78. The molecule has 0 aromatic rings. The first-order valence-corrected chi connectivity index (χ1v) is 7.83. The van der Waals surface area contributed by atoms with Crippen molar-refractivity contribution >= 4 is 11.8 Å². The van der Waals surface area contributed by atoms with Crippen LogP contribution in [0.5, 0.6) is 0 Å². The minimum atomic E-state index is 0.655. The first-order chi connectivity index (χ1) is 7.61. The summed E-state index contributed by atoms with van der Waals surface area (Å²) in [6.45, 7) is 11.5. The van der Waals surface area contributed by atoms with E-state index in [9.17, 15) is 0 Å². The van der Waals surface area contributed by atoms with E-state index in [1.807, 2.05) is 0 Å². The lowest BCUT2D eigenvalue weighted by molar-refractivity contribution is 0.174. The van der Waals surface area contributed by atoms with Gasteiger partial charge in [-0.05, 0) is 46.3 Å². The van der Waals surface area contributed by atoms with Gasteiger partial charge >= 0.3 is 0 Å². The zero-order valence-electron chi connectivity index (χ0n) is 11.3. The summed E-state index contributed by atoms with van der Waals surface area (Å²) in [7, 11) is 0. The number of thioether (sulfide) groups is 1. The molecule has 2 nitrogen and oxygen atoms in total. The van der Waals surface area contributed by atoms with Crippen LogP contribution >= 0.6 is 11.8 Å². The summed E-state index contributed by atoms with van der Waals surface area (Å²) in [6.07, 6.45) is 2.76. The molecule has 1 aliphatic rings. The number of hydrogen-bond acceptors (Lipinski definition) is 3. The Morgan fingerprint density at radius 3 is 2.44 bits per heavy atom. The maximum absolute atomic E-state index is 3.70.